The summed E-state index contributed by atoms with van der Waals surface area (Å²) in [4.78, 5) is 13.7. The SMILES string of the molecule is C[C@H]1COc2ccccc2CCCCNCC(=O)N1C. The predicted molar refractivity (Wildman–Crippen MR) is 80.0 cm³/mol. The van der Waals surface area contributed by atoms with Gasteiger partial charge in [0.25, 0.3) is 0 Å². The van der Waals surface area contributed by atoms with Crippen molar-refractivity contribution in [1.82, 2.24) is 10.2 Å². The maximum Gasteiger partial charge on any atom is 0.236 e. The summed E-state index contributed by atoms with van der Waals surface area (Å²) >= 11 is 0. The molecule has 0 unspecified atom stereocenters. The lowest BCUT2D eigenvalue weighted by Crippen LogP contribution is -2.43. The summed E-state index contributed by atoms with van der Waals surface area (Å²) in [7, 11) is 1.84. The topological polar surface area (TPSA) is 41.6 Å². The molecule has 0 aromatic heterocycles. The number of fused-ring (bicyclic) bond motifs is 1. The summed E-state index contributed by atoms with van der Waals surface area (Å²) in [5.41, 5.74) is 1.26. The molecule has 4 heteroatoms. The second-order valence-corrected chi connectivity index (χ2v) is 5.41. The lowest BCUT2D eigenvalue weighted by Gasteiger charge is -2.25. The monoisotopic (exact) mass is 276 g/mol. The van der Waals surface area contributed by atoms with E-state index in [1.807, 2.05) is 26.1 Å². The first-order valence-corrected chi connectivity index (χ1v) is 7.35. The van der Waals surface area contributed by atoms with Crippen molar-refractivity contribution >= 4 is 5.91 Å². The minimum atomic E-state index is 0.0677. The summed E-state index contributed by atoms with van der Waals surface area (Å²) in [6, 6.07) is 8.26. The zero-order chi connectivity index (χ0) is 14.4. The number of rotatable bonds is 0. The van der Waals surface area contributed by atoms with Gasteiger partial charge in [-0.15, -0.1) is 0 Å². The first-order valence-electron chi connectivity index (χ1n) is 7.35. The zero-order valence-electron chi connectivity index (χ0n) is 12.4. The van der Waals surface area contributed by atoms with E-state index in [0.717, 1.165) is 31.6 Å². The number of carbonyl (C=O) groups is 1. The average Bonchev–Trinajstić information content (AvgIpc) is 2.48. The number of amides is 1. The van der Waals surface area contributed by atoms with Gasteiger partial charge in [-0.3, -0.25) is 4.79 Å². The second kappa shape index (κ2) is 7.29. The van der Waals surface area contributed by atoms with Crippen LogP contribution in [-0.2, 0) is 11.2 Å². The quantitative estimate of drug-likeness (QED) is 0.786. The van der Waals surface area contributed by atoms with Crippen LogP contribution < -0.4 is 10.1 Å². The molecule has 1 heterocycles. The summed E-state index contributed by atoms with van der Waals surface area (Å²) < 4.78 is 5.92. The maximum absolute atomic E-state index is 12.0. The van der Waals surface area contributed by atoms with E-state index >= 15 is 0 Å². The Labute approximate surface area is 121 Å². The first kappa shape index (κ1) is 14.9. The lowest BCUT2D eigenvalue weighted by molar-refractivity contribution is -0.131. The smallest absolute Gasteiger partial charge is 0.236 e. The van der Waals surface area contributed by atoms with Gasteiger partial charge in [0.05, 0.1) is 12.6 Å². The molecule has 0 radical (unpaired) electrons. The van der Waals surface area contributed by atoms with E-state index in [9.17, 15) is 4.79 Å². The normalized spacial score (nSPS) is 22.0. The fourth-order valence-corrected chi connectivity index (χ4v) is 2.30. The molecule has 1 aliphatic heterocycles. The molecule has 0 aliphatic carbocycles. The van der Waals surface area contributed by atoms with Gasteiger partial charge in [0, 0.05) is 7.05 Å². The van der Waals surface area contributed by atoms with Crippen LogP contribution in [0.2, 0.25) is 0 Å². The van der Waals surface area contributed by atoms with Crippen LogP contribution in [0.25, 0.3) is 0 Å². The molecule has 0 fully saturated rings. The van der Waals surface area contributed by atoms with E-state index in [2.05, 4.69) is 17.4 Å². The van der Waals surface area contributed by atoms with Gasteiger partial charge in [0.1, 0.15) is 12.4 Å². The molecular formula is C16H24N2O2. The summed E-state index contributed by atoms with van der Waals surface area (Å²) in [5, 5.41) is 3.22. The van der Waals surface area contributed by atoms with E-state index in [1.165, 1.54) is 5.56 Å². The van der Waals surface area contributed by atoms with Crippen LogP contribution in [0.15, 0.2) is 24.3 Å². The Bertz CT molecular complexity index is 448. The highest BCUT2D eigenvalue weighted by atomic mass is 16.5. The van der Waals surface area contributed by atoms with Crippen molar-refractivity contribution in [2.45, 2.75) is 32.2 Å². The van der Waals surface area contributed by atoms with E-state index in [-0.39, 0.29) is 11.9 Å². The number of carbonyl (C=O) groups excluding carboxylic acids is 1. The van der Waals surface area contributed by atoms with Crippen molar-refractivity contribution in [2.75, 3.05) is 26.7 Å². The van der Waals surface area contributed by atoms with Crippen LogP contribution in [-0.4, -0.2) is 43.6 Å². The van der Waals surface area contributed by atoms with E-state index in [4.69, 9.17) is 4.74 Å². The van der Waals surface area contributed by atoms with Crippen molar-refractivity contribution in [3.8, 4) is 5.75 Å². The number of aryl methyl sites for hydroxylation is 1. The van der Waals surface area contributed by atoms with Gasteiger partial charge in [0.15, 0.2) is 0 Å². The molecule has 0 saturated carbocycles. The van der Waals surface area contributed by atoms with E-state index < -0.39 is 0 Å². The van der Waals surface area contributed by atoms with Crippen molar-refractivity contribution in [2.24, 2.45) is 0 Å². The summed E-state index contributed by atoms with van der Waals surface area (Å²) in [5.74, 6) is 1.07. The van der Waals surface area contributed by atoms with Gasteiger partial charge in [0.2, 0.25) is 5.91 Å². The molecular weight excluding hydrogens is 252 g/mol. The van der Waals surface area contributed by atoms with Crippen LogP contribution >= 0.6 is 0 Å². The van der Waals surface area contributed by atoms with Gasteiger partial charge in [-0.2, -0.15) is 0 Å². The summed E-state index contributed by atoms with van der Waals surface area (Å²) in [6.07, 6.45) is 3.20. The van der Waals surface area contributed by atoms with Crippen molar-refractivity contribution < 1.29 is 9.53 Å². The van der Waals surface area contributed by atoms with E-state index in [1.54, 1.807) is 4.90 Å². The molecule has 2 rings (SSSR count). The van der Waals surface area contributed by atoms with Crippen LogP contribution in [0.5, 0.6) is 5.75 Å². The number of ether oxygens (including phenoxy) is 1. The third-order valence-corrected chi connectivity index (χ3v) is 3.83. The first-order chi connectivity index (χ1) is 9.68. The second-order valence-electron chi connectivity index (χ2n) is 5.41. The van der Waals surface area contributed by atoms with Crippen molar-refractivity contribution in [3.63, 3.8) is 0 Å². The predicted octanol–water partition coefficient (Wildman–Crippen LogP) is 1.84. The highest BCUT2D eigenvalue weighted by molar-refractivity contribution is 5.78. The van der Waals surface area contributed by atoms with Crippen molar-refractivity contribution in [1.29, 1.82) is 0 Å². The molecule has 4 nitrogen and oxygen atoms in total. The highest BCUT2D eigenvalue weighted by Gasteiger charge is 2.16. The Morgan fingerprint density at radius 3 is 2.95 bits per heavy atom. The Hall–Kier alpha value is -1.55. The fourth-order valence-electron chi connectivity index (χ4n) is 2.30. The maximum atomic E-state index is 12.0. The number of hydrogen-bond donors (Lipinski definition) is 1. The van der Waals surface area contributed by atoms with Gasteiger partial charge >= 0.3 is 0 Å². The molecule has 1 N–H and O–H groups in total. The molecule has 20 heavy (non-hydrogen) atoms. The Kier molecular flexibility index (Phi) is 5.41. The number of nitrogens with zero attached hydrogens (tertiary/aromatic N) is 1. The van der Waals surface area contributed by atoms with Crippen LogP contribution in [0.1, 0.15) is 25.3 Å². The number of nitrogens with one attached hydrogen (secondary N) is 1. The Morgan fingerprint density at radius 2 is 2.10 bits per heavy atom. The Balaban J connectivity index is 2.10. The van der Waals surface area contributed by atoms with E-state index in [0.29, 0.717) is 13.2 Å². The molecule has 110 valence electrons. The summed E-state index contributed by atoms with van der Waals surface area (Å²) in [6.45, 7) is 3.84. The molecule has 0 saturated heterocycles. The number of hydrogen-bond acceptors (Lipinski definition) is 3. The Morgan fingerprint density at radius 1 is 1.30 bits per heavy atom. The average molecular weight is 276 g/mol. The molecule has 0 spiro atoms. The van der Waals surface area contributed by atoms with Crippen LogP contribution in [0, 0.1) is 0 Å². The van der Waals surface area contributed by atoms with Gasteiger partial charge < -0.3 is 15.0 Å². The van der Waals surface area contributed by atoms with Gasteiger partial charge in [-0.25, -0.2) is 0 Å². The third-order valence-electron chi connectivity index (χ3n) is 3.83. The fraction of sp³-hybridized carbons (Fsp3) is 0.562. The number of para-hydroxylation sites is 1. The molecule has 1 aromatic rings. The van der Waals surface area contributed by atoms with Crippen LogP contribution in [0.3, 0.4) is 0 Å². The van der Waals surface area contributed by atoms with Crippen LogP contribution in [0.4, 0.5) is 0 Å². The number of likely N-dealkylation sites (N-methyl/N-ethyl adjacent to an activating group) is 1. The minimum absolute atomic E-state index is 0.0677. The largest absolute Gasteiger partial charge is 0.491 e. The number of benzene rings is 1. The van der Waals surface area contributed by atoms with Crippen molar-refractivity contribution in [3.05, 3.63) is 29.8 Å². The molecule has 1 amide bonds. The zero-order valence-corrected chi connectivity index (χ0v) is 12.4. The highest BCUT2D eigenvalue weighted by Crippen LogP contribution is 2.20. The molecule has 1 atom stereocenters. The third kappa shape index (κ3) is 3.97. The molecule has 1 aromatic carbocycles. The molecule has 1 aliphatic rings. The van der Waals surface area contributed by atoms with Gasteiger partial charge in [-0.1, -0.05) is 18.2 Å². The van der Waals surface area contributed by atoms with Gasteiger partial charge in [-0.05, 0) is 44.4 Å². The molecule has 0 bridgehead atoms. The lowest BCUT2D eigenvalue weighted by atomic mass is 10.1. The standard InChI is InChI=1S/C16H24N2O2/c1-13-12-20-15-9-4-3-7-14(15)8-5-6-10-17-11-16(19)18(13)2/h3-4,7,9,13,17H,5-6,8,10-12H2,1-2H3/t13-/m0/s1. The minimum Gasteiger partial charge on any atom is -0.491 e.